The molecule has 0 bridgehead atoms. The molecule has 2 unspecified atom stereocenters. The van der Waals surface area contributed by atoms with E-state index in [1.165, 1.54) is 6.33 Å². The number of thiophene rings is 1. The van der Waals surface area contributed by atoms with Crippen LogP contribution in [-0.4, -0.2) is 26.3 Å². The van der Waals surface area contributed by atoms with Crippen LogP contribution in [-0.2, 0) is 4.79 Å². The standard InChI is InChI=1S/C21H15ClN4OS/c22-17-18(14-9-5-2-6-10-14)26(21(17)27)25-20-19-15(23-12-24-20)11-16(28-19)13-7-3-1-4-8-13/h1-12,17-18H,(H,23,24,25). The van der Waals surface area contributed by atoms with Crippen molar-refractivity contribution in [3.05, 3.63) is 78.6 Å². The highest BCUT2D eigenvalue weighted by Gasteiger charge is 2.48. The van der Waals surface area contributed by atoms with Crippen molar-refractivity contribution in [1.29, 1.82) is 0 Å². The maximum atomic E-state index is 12.4. The Hall–Kier alpha value is -2.96. The zero-order valence-corrected chi connectivity index (χ0v) is 16.2. The number of hydrogen-bond donors (Lipinski definition) is 1. The molecule has 7 heteroatoms. The molecular formula is C21H15ClN4OS. The van der Waals surface area contributed by atoms with Gasteiger partial charge in [-0.05, 0) is 17.2 Å². The quantitative estimate of drug-likeness (QED) is 0.388. The smallest absolute Gasteiger partial charge is 0.262 e. The number of nitrogens with one attached hydrogen (secondary N) is 1. The van der Waals surface area contributed by atoms with Crippen molar-refractivity contribution in [2.24, 2.45) is 0 Å². The van der Waals surface area contributed by atoms with Gasteiger partial charge in [-0.2, -0.15) is 0 Å². The van der Waals surface area contributed by atoms with Gasteiger partial charge in [-0.1, -0.05) is 60.7 Å². The Morgan fingerprint density at radius 3 is 2.46 bits per heavy atom. The lowest BCUT2D eigenvalue weighted by Crippen LogP contribution is -2.58. The van der Waals surface area contributed by atoms with E-state index in [2.05, 4.69) is 27.5 Å². The number of hydrazine groups is 1. The maximum Gasteiger partial charge on any atom is 0.262 e. The van der Waals surface area contributed by atoms with E-state index in [-0.39, 0.29) is 11.9 Å². The molecule has 28 heavy (non-hydrogen) atoms. The molecule has 1 fully saturated rings. The second-order valence-corrected chi connectivity index (χ2v) is 8.01. The van der Waals surface area contributed by atoms with Gasteiger partial charge in [-0.15, -0.1) is 22.9 Å². The van der Waals surface area contributed by atoms with Gasteiger partial charge in [0.2, 0.25) is 0 Å². The number of aromatic nitrogens is 2. The molecule has 3 heterocycles. The number of halogens is 1. The molecule has 1 saturated heterocycles. The number of carbonyl (C=O) groups excluding carboxylic acids is 1. The van der Waals surface area contributed by atoms with Gasteiger partial charge >= 0.3 is 0 Å². The second kappa shape index (κ2) is 6.89. The lowest BCUT2D eigenvalue weighted by atomic mass is 9.95. The first-order valence-electron chi connectivity index (χ1n) is 8.81. The molecule has 0 spiro atoms. The summed E-state index contributed by atoms with van der Waals surface area (Å²) in [7, 11) is 0. The van der Waals surface area contributed by atoms with Gasteiger partial charge in [0.1, 0.15) is 17.7 Å². The van der Waals surface area contributed by atoms with Crippen LogP contribution >= 0.6 is 22.9 Å². The van der Waals surface area contributed by atoms with Crippen molar-refractivity contribution in [2.75, 3.05) is 5.43 Å². The summed E-state index contributed by atoms with van der Waals surface area (Å²) in [4.78, 5) is 22.3. The van der Waals surface area contributed by atoms with Gasteiger partial charge in [-0.3, -0.25) is 10.2 Å². The Morgan fingerprint density at radius 2 is 1.71 bits per heavy atom. The molecule has 2 atom stereocenters. The lowest BCUT2D eigenvalue weighted by molar-refractivity contribution is -0.143. The number of amides is 1. The van der Waals surface area contributed by atoms with Crippen LogP contribution in [0.5, 0.6) is 0 Å². The van der Waals surface area contributed by atoms with E-state index in [0.29, 0.717) is 5.82 Å². The molecule has 5 rings (SSSR count). The summed E-state index contributed by atoms with van der Waals surface area (Å²) in [5.74, 6) is 0.442. The zero-order chi connectivity index (χ0) is 19.1. The van der Waals surface area contributed by atoms with E-state index in [0.717, 1.165) is 26.2 Å². The predicted octanol–water partition coefficient (Wildman–Crippen LogP) is 4.88. The number of carbonyl (C=O) groups is 1. The second-order valence-electron chi connectivity index (χ2n) is 6.49. The molecule has 1 aliphatic heterocycles. The molecular weight excluding hydrogens is 392 g/mol. The van der Waals surface area contributed by atoms with Gasteiger partial charge < -0.3 is 0 Å². The average Bonchev–Trinajstić information content (AvgIpc) is 3.20. The molecule has 1 amide bonds. The summed E-state index contributed by atoms with van der Waals surface area (Å²) in [6.45, 7) is 0. The van der Waals surface area contributed by atoms with Crippen molar-refractivity contribution in [2.45, 2.75) is 11.4 Å². The number of nitrogens with zero attached hydrogens (tertiary/aromatic N) is 3. The SMILES string of the molecule is O=C1C(Cl)C(c2ccccc2)N1Nc1ncnc2cc(-c3ccccc3)sc12. The van der Waals surface area contributed by atoms with Crippen molar-refractivity contribution in [3.63, 3.8) is 0 Å². The Bertz CT molecular complexity index is 1150. The first-order chi connectivity index (χ1) is 13.7. The van der Waals surface area contributed by atoms with Crippen molar-refractivity contribution < 1.29 is 4.79 Å². The van der Waals surface area contributed by atoms with Crippen LogP contribution < -0.4 is 5.43 Å². The number of rotatable bonds is 4. The summed E-state index contributed by atoms with van der Waals surface area (Å²) < 4.78 is 0.902. The number of benzene rings is 2. The minimum atomic E-state index is -0.588. The van der Waals surface area contributed by atoms with E-state index in [4.69, 9.17) is 11.6 Å². The topological polar surface area (TPSA) is 58.1 Å². The van der Waals surface area contributed by atoms with E-state index >= 15 is 0 Å². The van der Waals surface area contributed by atoms with E-state index in [9.17, 15) is 4.79 Å². The number of fused-ring (bicyclic) bond motifs is 1. The molecule has 2 aromatic heterocycles. The van der Waals surface area contributed by atoms with Crippen molar-refractivity contribution in [3.8, 4) is 10.4 Å². The van der Waals surface area contributed by atoms with E-state index in [1.807, 2.05) is 54.6 Å². The number of β-lactam (4-membered cyclic amide) rings is 1. The van der Waals surface area contributed by atoms with Crippen molar-refractivity contribution in [1.82, 2.24) is 15.0 Å². The molecule has 5 nitrogen and oxygen atoms in total. The normalized spacial score (nSPS) is 18.9. The minimum absolute atomic E-state index is 0.165. The fourth-order valence-corrected chi connectivity index (χ4v) is 4.76. The minimum Gasteiger partial charge on any atom is -0.277 e. The molecule has 0 radical (unpaired) electrons. The number of alkyl halides is 1. The summed E-state index contributed by atoms with van der Waals surface area (Å²) in [6.07, 6.45) is 1.51. The van der Waals surface area contributed by atoms with Crippen LogP contribution in [0.1, 0.15) is 11.6 Å². The first-order valence-corrected chi connectivity index (χ1v) is 10.1. The van der Waals surface area contributed by atoms with Gasteiger partial charge in [0.15, 0.2) is 5.82 Å². The molecule has 0 aliphatic carbocycles. The van der Waals surface area contributed by atoms with E-state index < -0.39 is 5.38 Å². The molecule has 4 aromatic rings. The Balaban J connectivity index is 1.50. The van der Waals surface area contributed by atoms with Crippen LogP contribution in [0, 0.1) is 0 Å². The Morgan fingerprint density at radius 1 is 1.00 bits per heavy atom. The first kappa shape index (κ1) is 17.2. The highest BCUT2D eigenvalue weighted by molar-refractivity contribution is 7.22. The van der Waals surface area contributed by atoms with Crippen LogP contribution in [0.2, 0.25) is 0 Å². The van der Waals surface area contributed by atoms with Gasteiger partial charge in [0, 0.05) is 4.88 Å². The van der Waals surface area contributed by atoms with E-state index in [1.54, 1.807) is 16.3 Å². The van der Waals surface area contributed by atoms with Crippen LogP contribution in [0.15, 0.2) is 73.1 Å². The monoisotopic (exact) mass is 406 g/mol. The third kappa shape index (κ3) is 2.82. The fraction of sp³-hybridized carbons (Fsp3) is 0.0952. The summed E-state index contributed by atoms with van der Waals surface area (Å²) >= 11 is 7.90. The molecule has 138 valence electrons. The molecule has 1 aliphatic rings. The largest absolute Gasteiger partial charge is 0.277 e. The molecule has 0 saturated carbocycles. The van der Waals surface area contributed by atoms with Crippen LogP contribution in [0.25, 0.3) is 20.7 Å². The number of anilines is 1. The Kier molecular flexibility index (Phi) is 4.22. The lowest BCUT2D eigenvalue weighted by Gasteiger charge is -2.44. The maximum absolute atomic E-state index is 12.4. The molecule has 2 aromatic carbocycles. The predicted molar refractivity (Wildman–Crippen MR) is 112 cm³/mol. The van der Waals surface area contributed by atoms with Crippen molar-refractivity contribution >= 4 is 44.9 Å². The average molecular weight is 407 g/mol. The summed E-state index contributed by atoms with van der Waals surface area (Å²) in [5, 5.41) is 0.965. The highest BCUT2D eigenvalue weighted by Crippen LogP contribution is 2.40. The zero-order valence-electron chi connectivity index (χ0n) is 14.6. The van der Waals surface area contributed by atoms with Gasteiger partial charge in [-0.25, -0.2) is 15.0 Å². The third-order valence-electron chi connectivity index (χ3n) is 4.77. The highest BCUT2D eigenvalue weighted by atomic mass is 35.5. The van der Waals surface area contributed by atoms with Crippen LogP contribution in [0.4, 0.5) is 5.82 Å². The summed E-state index contributed by atoms with van der Waals surface area (Å²) in [6, 6.07) is 21.7. The van der Waals surface area contributed by atoms with Gasteiger partial charge in [0.25, 0.3) is 5.91 Å². The van der Waals surface area contributed by atoms with Gasteiger partial charge in [0.05, 0.1) is 10.2 Å². The molecule has 1 N–H and O–H groups in total. The Labute approximate surface area is 170 Å². The number of hydrogen-bond acceptors (Lipinski definition) is 5. The van der Waals surface area contributed by atoms with Crippen LogP contribution in [0.3, 0.4) is 0 Å². The summed E-state index contributed by atoms with van der Waals surface area (Å²) in [5.41, 5.74) is 6.12. The third-order valence-corrected chi connectivity index (χ3v) is 6.37. The fourth-order valence-electron chi connectivity index (χ4n) is 3.34.